The minimum atomic E-state index is 0.362. The van der Waals surface area contributed by atoms with E-state index in [2.05, 4.69) is 179 Å². The van der Waals surface area contributed by atoms with Gasteiger partial charge >= 0.3 is 0 Å². The molecule has 0 N–H and O–H groups in total. The Morgan fingerprint density at radius 1 is 0.333 bits per heavy atom. The van der Waals surface area contributed by atoms with Crippen LogP contribution >= 0.6 is 0 Å². The summed E-state index contributed by atoms with van der Waals surface area (Å²) in [5, 5.41) is 24.7. The van der Waals surface area contributed by atoms with Gasteiger partial charge in [0.05, 0.1) is 38.9 Å². The van der Waals surface area contributed by atoms with Gasteiger partial charge in [-0.1, -0.05) is 109 Å². The molecule has 0 unspecified atom stereocenters. The van der Waals surface area contributed by atoms with E-state index in [1.54, 1.807) is 6.07 Å². The summed E-state index contributed by atoms with van der Waals surface area (Å²) in [7, 11) is 0. The number of nitrogens with zero attached hydrogens (tertiary/aromatic N) is 4. The first-order valence-electron chi connectivity index (χ1n) is 18.0. The second-order valence-corrected chi connectivity index (χ2v) is 13.6. The maximum absolute atomic E-state index is 10.3. The SMILES string of the molecule is N#Cc1cccc(-n2c3ccc(-c4ccccc4)cc3c3cc(-c4ccc5c(c4)c4cc(-c6ccccc6)ccc4n5-c4ccccc4)ccc32)c1C#N. The van der Waals surface area contributed by atoms with E-state index in [9.17, 15) is 10.5 Å². The summed E-state index contributed by atoms with van der Waals surface area (Å²) in [6.07, 6.45) is 0. The van der Waals surface area contributed by atoms with E-state index in [4.69, 9.17) is 0 Å². The molecule has 0 saturated carbocycles. The zero-order chi connectivity index (χ0) is 36.2. The number of hydrogen-bond acceptors (Lipinski definition) is 2. The van der Waals surface area contributed by atoms with Crippen molar-refractivity contribution in [1.82, 2.24) is 9.13 Å². The quantitative estimate of drug-likeness (QED) is 0.181. The lowest BCUT2D eigenvalue weighted by molar-refractivity contribution is 1.16. The van der Waals surface area contributed by atoms with E-state index in [-0.39, 0.29) is 0 Å². The molecule has 4 heteroatoms. The molecule has 250 valence electrons. The normalized spacial score (nSPS) is 11.3. The maximum atomic E-state index is 10.3. The molecule has 4 nitrogen and oxygen atoms in total. The number of benzene rings is 8. The topological polar surface area (TPSA) is 57.4 Å². The van der Waals surface area contributed by atoms with Gasteiger partial charge in [0.15, 0.2) is 0 Å². The second kappa shape index (κ2) is 12.5. The summed E-state index contributed by atoms with van der Waals surface area (Å²) in [6.45, 7) is 0. The summed E-state index contributed by atoms with van der Waals surface area (Å²) in [6, 6.07) is 68.2. The molecule has 0 atom stereocenters. The Hall–Kier alpha value is -7.66. The van der Waals surface area contributed by atoms with Crippen molar-refractivity contribution < 1.29 is 0 Å². The molecule has 2 aromatic heterocycles. The molecule has 0 fully saturated rings. The molecule has 10 rings (SSSR count). The van der Waals surface area contributed by atoms with Gasteiger partial charge in [-0.25, -0.2) is 0 Å². The number of para-hydroxylation sites is 1. The van der Waals surface area contributed by atoms with Gasteiger partial charge in [0.2, 0.25) is 0 Å². The number of fused-ring (bicyclic) bond motifs is 6. The summed E-state index contributed by atoms with van der Waals surface area (Å²) < 4.78 is 4.48. The first-order valence-corrected chi connectivity index (χ1v) is 18.0. The van der Waals surface area contributed by atoms with Crippen molar-refractivity contribution in [3.05, 3.63) is 193 Å². The van der Waals surface area contributed by atoms with Crippen molar-refractivity contribution in [2.24, 2.45) is 0 Å². The van der Waals surface area contributed by atoms with Crippen molar-refractivity contribution in [3.8, 4) is 56.9 Å². The molecule has 0 aliphatic carbocycles. The van der Waals surface area contributed by atoms with E-state index in [0.29, 0.717) is 16.8 Å². The van der Waals surface area contributed by atoms with Crippen LogP contribution in [0.4, 0.5) is 0 Å². The van der Waals surface area contributed by atoms with Crippen molar-refractivity contribution in [2.75, 3.05) is 0 Å². The molecule has 0 amide bonds. The fourth-order valence-corrected chi connectivity index (χ4v) is 8.08. The van der Waals surface area contributed by atoms with Gasteiger partial charge in [-0.3, -0.25) is 0 Å². The van der Waals surface area contributed by atoms with Crippen LogP contribution in [0.5, 0.6) is 0 Å². The molecule has 0 saturated heterocycles. The van der Waals surface area contributed by atoms with E-state index in [1.165, 1.54) is 21.9 Å². The lowest BCUT2D eigenvalue weighted by atomic mass is 9.98. The molecular weight excluding hydrogens is 657 g/mol. The summed E-state index contributed by atoms with van der Waals surface area (Å²) in [5.74, 6) is 0. The molecule has 0 aliphatic rings. The van der Waals surface area contributed by atoms with Crippen molar-refractivity contribution in [1.29, 1.82) is 10.5 Å². The molecule has 10 aromatic rings. The highest BCUT2D eigenvalue weighted by molar-refractivity contribution is 6.14. The monoisotopic (exact) mass is 686 g/mol. The Bertz CT molecular complexity index is 3160. The molecule has 0 bridgehead atoms. The predicted molar refractivity (Wildman–Crippen MR) is 221 cm³/mol. The van der Waals surface area contributed by atoms with Gasteiger partial charge in [-0.05, 0) is 106 Å². The number of rotatable bonds is 5. The number of nitriles is 2. The van der Waals surface area contributed by atoms with Gasteiger partial charge in [-0.2, -0.15) is 10.5 Å². The third kappa shape index (κ3) is 4.90. The van der Waals surface area contributed by atoms with Crippen LogP contribution in [-0.2, 0) is 0 Å². The van der Waals surface area contributed by atoms with Gasteiger partial charge in [0.1, 0.15) is 12.1 Å². The fourth-order valence-electron chi connectivity index (χ4n) is 8.08. The number of hydrogen-bond donors (Lipinski definition) is 0. The standard InChI is InChI=1S/C50H30N4/c51-31-39-15-10-18-46(45(39)32-52)54-49-25-20-36(34-13-6-2-7-14-34)28-43(49)44-30-38(22-26-50(44)54)37-21-24-48-42(29-37)41-27-35(33-11-4-1-5-12-33)19-23-47(41)53(48)40-16-8-3-9-17-40/h1-30H. The molecule has 8 aromatic carbocycles. The third-order valence-corrected chi connectivity index (χ3v) is 10.6. The largest absolute Gasteiger partial charge is 0.309 e. The third-order valence-electron chi connectivity index (χ3n) is 10.6. The van der Waals surface area contributed by atoms with Gasteiger partial charge < -0.3 is 9.13 Å². The van der Waals surface area contributed by atoms with Crippen LogP contribution in [0.15, 0.2) is 182 Å². The highest BCUT2D eigenvalue weighted by Gasteiger charge is 2.19. The highest BCUT2D eigenvalue weighted by Crippen LogP contribution is 2.40. The van der Waals surface area contributed by atoms with Crippen LogP contribution in [0.3, 0.4) is 0 Å². The fraction of sp³-hybridized carbons (Fsp3) is 0. The Morgan fingerprint density at radius 3 is 1.17 bits per heavy atom. The first-order chi connectivity index (χ1) is 26.7. The second-order valence-electron chi connectivity index (χ2n) is 13.6. The van der Waals surface area contributed by atoms with Gasteiger partial charge in [0.25, 0.3) is 0 Å². The molecule has 0 radical (unpaired) electrons. The summed E-state index contributed by atoms with van der Waals surface area (Å²) in [5.41, 5.74) is 13.6. The smallest absolute Gasteiger partial charge is 0.103 e. The maximum Gasteiger partial charge on any atom is 0.103 e. The Kier molecular flexibility index (Phi) is 7.22. The van der Waals surface area contributed by atoms with E-state index < -0.39 is 0 Å². The molecular formula is C50H30N4. The predicted octanol–water partition coefficient (Wildman–Crippen LogP) is 12.6. The van der Waals surface area contributed by atoms with Crippen LogP contribution < -0.4 is 0 Å². The van der Waals surface area contributed by atoms with Crippen molar-refractivity contribution in [2.45, 2.75) is 0 Å². The first kappa shape index (κ1) is 31.1. The minimum Gasteiger partial charge on any atom is -0.309 e. The van der Waals surface area contributed by atoms with E-state index in [1.807, 2.05) is 18.2 Å². The van der Waals surface area contributed by atoms with Crippen molar-refractivity contribution >= 4 is 43.6 Å². The zero-order valence-electron chi connectivity index (χ0n) is 29.1. The van der Waals surface area contributed by atoms with Crippen LogP contribution in [0.1, 0.15) is 11.1 Å². The highest BCUT2D eigenvalue weighted by atomic mass is 15.0. The van der Waals surface area contributed by atoms with E-state index >= 15 is 0 Å². The van der Waals surface area contributed by atoms with Gasteiger partial charge in [0, 0.05) is 27.2 Å². The molecule has 0 aliphatic heterocycles. The minimum absolute atomic E-state index is 0.362. The molecule has 54 heavy (non-hydrogen) atoms. The van der Waals surface area contributed by atoms with Crippen LogP contribution in [0, 0.1) is 22.7 Å². The zero-order valence-corrected chi connectivity index (χ0v) is 29.1. The molecule has 0 spiro atoms. The Morgan fingerprint density at radius 2 is 0.741 bits per heavy atom. The van der Waals surface area contributed by atoms with Crippen LogP contribution in [0.25, 0.3) is 88.4 Å². The Labute approximate surface area is 312 Å². The summed E-state index contributed by atoms with van der Waals surface area (Å²) >= 11 is 0. The lowest BCUT2D eigenvalue weighted by Crippen LogP contribution is -1.99. The van der Waals surface area contributed by atoms with Gasteiger partial charge in [-0.15, -0.1) is 0 Å². The van der Waals surface area contributed by atoms with Crippen LogP contribution in [-0.4, -0.2) is 9.13 Å². The lowest BCUT2D eigenvalue weighted by Gasteiger charge is -2.11. The molecule has 2 heterocycles. The van der Waals surface area contributed by atoms with Crippen LogP contribution in [0.2, 0.25) is 0 Å². The average Bonchev–Trinajstić information content (AvgIpc) is 3.75. The Balaban J connectivity index is 1.22. The van der Waals surface area contributed by atoms with E-state index in [0.717, 1.165) is 60.8 Å². The number of aromatic nitrogens is 2. The average molecular weight is 687 g/mol. The van der Waals surface area contributed by atoms with Crippen molar-refractivity contribution in [3.63, 3.8) is 0 Å². The summed E-state index contributed by atoms with van der Waals surface area (Å²) in [4.78, 5) is 0.